The summed E-state index contributed by atoms with van der Waals surface area (Å²) in [5, 5.41) is 0. The molecule has 0 aromatic heterocycles. The molecule has 1 aromatic rings. The predicted octanol–water partition coefficient (Wildman–Crippen LogP) is 2.13. The van der Waals surface area contributed by atoms with Gasteiger partial charge in [0, 0.05) is 38.9 Å². The molecule has 0 amide bonds. The Hall–Kier alpha value is -0.00623. The molecule has 2 rings (SSSR count). The molecule has 1 heterocycles. The van der Waals surface area contributed by atoms with E-state index in [-0.39, 0.29) is 38.9 Å². The normalized spacial score (nSPS) is 11.7. The van der Waals surface area contributed by atoms with Crippen molar-refractivity contribution in [2.45, 2.75) is 6.42 Å². The number of rotatable bonds is 0. The number of hydrogen-bond acceptors (Lipinski definition) is 1. The summed E-state index contributed by atoms with van der Waals surface area (Å²) in [4.78, 5) is 0. The Bertz CT molecular complexity index is 246. The Morgan fingerprint density at radius 1 is 1.17 bits per heavy atom. The van der Waals surface area contributed by atoms with E-state index in [0.29, 0.717) is 0 Å². The summed E-state index contributed by atoms with van der Waals surface area (Å²) in [6, 6.07) is 8.08. The maximum Gasteiger partial charge on any atom is 0.130 e. The van der Waals surface area contributed by atoms with Crippen LogP contribution < -0.4 is 4.74 Å². The third kappa shape index (κ3) is 2.50. The van der Waals surface area contributed by atoms with Crippen LogP contribution in [0, 0.1) is 0 Å². The first-order chi connectivity index (χ1) is 4.97. The van der Waals surface area contributed by atoms with Crippen molar-refractivity contribution in [1.82, 2.24) is 0 Å². The summed E-state index contributed by atoms with van der Waals surface area (Å²) in [6.07, 6.45) is 4.75. The molecule has 0 aliphatic carbocycles. The van der Waals surface area contributed by atoms with Gasteiger partial charge >= 0.3 is 0 Å². The molecule has 0 atom stereocenters. The van der Waals surface area contributed by atoms with E-state index in [0.717, 1.165) is 12.2 Å². The summed E-state index contributed by atoms with van der Waals surface area (Å²) in [5.41, 5.74) is 1.27. The van der Waals surface area contributed by atoms with Gasteiger partial charge in [-0.3, -0.25) is 0 Å². The van der Waals surface area contributed by atoms with Crippen molar-refractivity contribution in [3.8, 4) is 5.75 Å². The monoisotopic (exact) mass is 387 g/mol. The molecule has 1 nitrogen and oxygen atoms in total. The van der Waals surface area contributed by atoms with E-state index in [1.165, 1.54) is 5.56 Å². The topological polar surface area (TPSA) is 9.23 Å². The first-order valence-electron chi connectivity index (χ1n) is 3.36. The van der Waals surface area contributed by atoms with E-state index in [4.69, 9.17) is 4.74 Å². The van der Waals surface area contributed by atoms with Crippen LogP contribution in [0.4, 0.5) is 0 Å². The maximum absolute atomic E-state index is 5.24. The first-order valence-corrected chi connectivity index (χ1v) is 3.36. The third-order valence-corrected chi connectivity index (χ3v) is 1.60. The Kier molecular flexibility index (Phi) is 5.60. The van der Waals surface area contributed by atoms with Gasteiger partial charge in [0.25, 0.3) is 0 Å². The van der Waals surface area contributed by atoms with Gasteiger partial charge in [0.2, 0.25) is 0 Å². The van der Waals surface area contributed by atoms with Crippen molar-refractivity contribution in [2.24, 2.45) is 0 Å². The van der Waals surface area contributed by atoms with E-state index in [1.807, 2.05) is 24.3 Å². The van der Waals surface area contributed by atoms with Crippen molar-refractivity contribution >= 4 is 0 Å². The number of ether oxygens (including phenoxy) is 1. The molecule has 1 aliphatic heterocycles. The number of fused-ring (bicyclic) bond motifs is 1. The number of benzene rings is 1. The Morgan fingerprint density at radius 2 is 1.92 bits per heavy atom. The average Bonchev–Trinajstić information content (AvgIpc) is 2.05. The minimum absolute atomic E-state index is 0. The van der Waals surface area contributed by atoms with Gasteiger partial charge in [0.15, 0.2) is 0 Å². The fourth-order valence-electron chi connectivity index (χ4n) is 1.08. The number of hydrogen-bond donors (Lipinski definition) is 0. The second-order valence-electron chi connectivity index (χ2n) is 2.30. The van der Waals surface area contributed by atoms with E-state index < -0.39 is 0 Å². The molecule has 12 heavy (non-hydrogen) atoms. The molecule has 1 radical (unpaired) electrons. The summed E-state index contributed by atoms with van der Waals surface area (Å²) in [7, 11) is 0. The van der Waals surface area contributed by atoms with Crippen LogP contribution in [0.25, 0.3) is 0 Å². The van der Waals surface area contributed by atoms with Crippen molar-refractivity contribution in [3.05, 3.63) is 42.2 Å². The van der Waals surface area contributed by atoms with Gasteiger partial charge in [-0.25, -0.2) is 0 Å². The van der Waals surface area contributed by atoms with Gasteiger partial charge in [-0.15, -0.1) is 0 Å². The molecule has 3 heteroatoms. The Morgan fingerprint density at radius 3 is 2.67 bits per heavy atom. The van der Waals surface area contributed by atoms with Crippen molar-refractivity contribution < 1.29 is 43.6 Å². The zero-order valence-electron chi connectivity index (χ0n) is 6.20. The van der Waals surface area contributed by atoms with Crippen LogP contribution in [-0.2, 0) is 45.3 Å². The predicted molar refractivity (Wildman–Crippen MR) is 39.9 cm³/mol. The smallest absolute Gasteiger partial charge is 0.130 e. The molecule has 0 unspecified atom stereocenters. The first kappa shape index (κ1) is 12.0. The summed E-state index contributed by atoms with van der Waals surface area (Å²) < 4.78 is 5.24. The van der Waals surface area contributed by atoms with Crippen molar-refractivity contribution in [1.29, 1.82) is 0 Å². The molecule has 0 N–H and O–H groups in total. The molecule has 1 aromatic carbocycles. The van der Waals surface area contributed by atoms with Crippen LogP contribution in [0.3, 0.4) is 0 Å². The van der Waals surface area contributed by atoms with Crippen molar-refractivity contribution in [3.63, 3.8) is 0 Å². The second-order valence-corrected chi connectivity index (χ2v) is 2.30. The Balaban J connectivity index is 0.000000605. The summed E-state index contributed by atoms with van der Waals surface area (Å²) in [5.74, 6) is 0.991. The van der Waals surface area contributed by atoms with Gasteiger partial charge in [-0.2, -0.15) is 0 Å². The van der Waals surface area contributed by atoms with Gasteiger partial charge in [-0.1, -0.05) is 18.2 Å². The SMILES string of the molecule is C1=COc2ccccc2C1.[Au].[Ni]. The van der Waals surface area contributed by atoms with Gasteiger partial charge in [0.05, 0.1) is 6.26 Å². The minimum Gasteiger partial charge on any atom is -0.465 e. The minimum atomic E-state index is 0. The van der Waals surface area contributed by atoms with E-state index in [1.54, 1.807) is 6.26 Å². The molecule has 71 valence electrons. The van der Waals surface area contributed by atoms with Gasteiger partial charge < -0.3 is 4.74 Å². The number of para-hydroxylation sites is 1. The molecule has 1 aliphatic rings. The largest absolute Gasteiger partial charge is 0.465 e. The maximum atomic E-state index is 5.24. The average molecular weight is 388 g/mol. The summed E-state index contributed by atoms with van der Waals surface area (Å²) >= 11 is 0. The third-order valence-electron chi connectivity index (χ3n) is 1.60. The van der Waals surface area contributed by atoms with Crippen LogP contribution in [0.5, 0.6) is 5.75 Å². The van der Waals surface area contributed by atoms with Crippen molar-refractivity contribution in [2.75, 3.05) is 0 Å². The molecule has 0 fully saturated rings. The molecular formula is C9H8AuNiO. The van der Waals surface area contributed by atoms with Gasteiger partial charge in [-0.05, 0) is 24.1 Å². The Labute approximate surface area is 97.6 Å². The quantitative estimate of drug-likeness (QED) is 0.620. The van der Waals surface area contributed by atoms with E-state index in [9.17, 15) is 0 Å². The van der Waals surface area contributed by atoms with Crippen LogP contribution in [0.15, 0.2) is 36.6 Å². The van der Waals surface area contributed by atoms with Crippen LogP contribution in [0.2, 0.25) is 0 Å². The van der Waals surface area contributed by atoms with Gasteiger partial charge in [0.1, 0.15) is 5.75 Å². The summed E-state index contributed by atoms with van der Waals surface area (Å²) in [6.45, 7) is 0. The fraction of sp³-hybridized carbons (Fsp3) is 0.111. The van der Waals surface area contributed by atoms with E-state index in [2.05, 4.69) is 6.07 Å². The standard InChI is InChI=1S/C9H8O.Au.Ni/c1-2-6-9-8(4-1)5-3-7-10-9;;/h1-4,6-7H,5H2;;. The molecule has 0 saturated heterocycles. The molecule has 0 spiro atoms. The van der Waals surface area contributed by atoms with Crippen LogP contribution >= 0.6 is 0 Å². The van der Waals surface area contributed by atoms with Crippen LogP contribution in [0.1, 0.15) is 5.56 Å². The zero-order valence-corrected chi connectivity index (χ0v) is 9.35. The molecular weight excluding hydrogens is 380 g/mol. The number of allylic oxidation sites excluding steroid dienone is 1. The molecule has 0 bridgehead atoms. The fourth-order valence-corrected chi connectivity index (χ4v) is 1.08. The second kappa shape index (κ2) is 5.61. The van der Waals surface area contributed by atoms with Crippen LogP contribution in [-0.4, -0.2) is 0 Å². The molecule has 0 saturated carbocycles. The zero-order chi connectivity index (χ0) is 6.81. The van der Waals surface area contributed by atoms with E-state index >= 15 is 0 Å².